The third-order valence-corrected chi connectivity index (χ3v) is 4.91. The minimum absolute atomic E-state index is 0.278. The molecule has 0 aromatic carbocycles. The summed E-state index contributed by atoms with van der Waals surface area (Å²) in [5.41, 5.74) is 0. The highest BCUT2D eigenvalue weighted by Crippen LogP contribution is 2.20. The zero-order valence-corrected chi connectivity index (χ0v) is 13.6. The molecule has 1 aromatic heterocycles. The van der Waals surface area contributed by atoms with Crippen molar-refractivity contribution in [2.75, 3.05) is 39.8 Å². The Labute approximate surface area is 126 Å². The first kappa shape index (κ1) is 15.0. The van der Waals surface area contributed by atoms with Crippen molar-refractivity contribution in [1.29, 1.82) is 0 Å². The second-order valence-corrected chi connectivity index (χ2v) is 6.76. The van der Waals surface area contributed by atoms with Gasteiger partial charge in [0.1, 0.15) is 0 Å². The monoisotopic (exact) mass is 345 g/mol. The molecule has 1 aliphatic heterocycles. The number of hydrogen-bond donors (Lipinski definition) is 1. The van der Waals surface area contributed by atoms with Crippen molar-refractivity contribution in [3.63, 3.8) is 0 Å². The van der Waals surface area contributed by atoms with Crippen molar-refractivity contribution in [2.45, 2.75) is 13.0 Å². The van der Waals surface area contributed by atoms with Crippen molar-refractivity contribution in [2.24, 2.45) is 0 Å². The van der Waals surface area contributed by atoms with E-state index in [4.69, 9.17) is 0 Å². The molecule has 6 heteroatoms. The van der Waals surface area contributed by atoms with Gasteiger partial charge in [-0.3, -0.25) is 4.79 Å². The van der Waals surface area contributed by atoms with Gasteiger partial charge in [-0.1, -0.05) is 0 Å². The van der Waals surface area contributed by atoms with Crippen LogP contribution in [0.15, 0.2) is 15.9 Å². The lowest BCUT2D eigenvalue weighted by atomic mass is 10.3. The van der Waals surface area contributed by atoms with Crippen LogP contribution in [0.5, 0.6) is 0 Å². The zero-order chi connectivity index (χ0) is 13.7. The number of nitrogens with one attached hydrogen (secondary N) is 1. The van der Waals surface area contributed by atoms with E-state index < -0.39 is 0 Å². The molecule has 0 atom stereocenters. The summed E-state index contributed by atoms with van der Waals surface area (Å²) < 4.78 is 1.14. The second kappa shape index (κ2) is 7.38. The number of carbonyl (C=O) groups excluding carboxylic acids is 1. The van der Waals surface area contributed by atoms with Crippen molar-refractivity contribution in [3.8, 4) is 0 Å². The van der Waals surface area contributed by atoms with Crippen LogP contribution >= 0.6 is 27.3 Å². The van der Waals surface area contributed by atoms with E-state index in [0.717, 1.165) is 43.7 Å². The van der Waals surface area contributed by atoms with Crippen molar-refractivity contribution in [1.82, 2.24) is 15.1 Å². The lowest BCUT2D eigenvalue weighted by Gasteiger charge is -2.28. The molecule has 1 fully saturated rings. The number of nitrogens with zero attached hydrogens (tertiary/aromatic N) is 2. The molecular formula is C13H20BrN3OS. The fourth-order valence-electron chi connectivity index (χ4n) is 2.14. The Kier molecular flexibility index (Phi) is 5.81. The summed E-state index contributed by atoms with van der Waals surface area (Å²) in [5, 5.41) is 5.35. The van der Waals surface area contributed by atoms with Crippen LogP contribution in [0.25, 0.3) is 0 Å². The van der Waals surface area contributed by atoms with E-state index in [9.17, 15) is 4.79 Å². The smallest absolute Gasteiger partial charge is 0.223 e. The maximum absolute atomic E-state index is 12.0. The van der Waals surface area contributed by atoms with E-state index in [2.05, 4.69) is 44.6 Å². The molecule has 1 saturated heterocycles. The maximum Gasteiger partial charge on any atom is 0.223 e. The summed E-state index contributed by atoms with van der Waals surface area (Å²) in [4.78, 5) is 17.5. The van der Waals surface area contributed by atoms with Crippen molar-refractivity contribution in [3.05, 3.63) is 20.8 Å². The quantitative estimate of drug-likeness (QED) is 0.883. The SMILES string of the molecule is CN(CCC(=O)N1CCNCC1)Cc1cc(Br)cs1. The van der Waals surface area contributed by atoms with Gasteiger partial charge in [0.05, 0.1) is 0 Å². The predicted octanol–water partition coefficient (Wildman–Crippen LogP) is 1.76. The molecule has 0 saturated carbocycles. The van der Waals surface area contributed by atoms with E-state index >= 15 is 0 Å². The van der Waals surface area contributed by atoms with Crippen LogP contribution in [0.2, 0.25) is 0 Å². The third kappa shape index (κ3) is 4.87. The fraction of sp³-hybridized carbons (Fsp3) is 0.615. The number of piperazine rings is 1. The lowest BCUT2D eigenvalue weighted by Crippen LogP contribution is -2.46. The van der Waals surface area contributed by atoms with E-state index in [1.165, 1.54) is 4.88 Å². The van der Waals surface area contributed by atoms with Crippen LogP contribution in [0.4, 0.5) is 0 Å². The maximum atomic E-state index is 12.0. The summed E-state index contributed by atoms with van der Waals surface area (Å²) in [7, 11) is 2.07. The van der Waals surface area contributed by atoms with Crippen LogP contribution < -0.4 is 5.32 Å². The normalized spacial score (nSPS) is 16.1. The predicted molar refractivity (Wildman–Crippen MR) is 82.4 cm³/mol. The van der Waals surface area contributed by atoms with E-state index in [1.807, 2.05) is 4.90 Å². The Hall–Kier alpha value is -0.430. The first-order chi connectivity index (χ1) is 9.15. The van der Waals surface area contributed by atoms with Gasteiger partial charge in [-0.2, -0.15) is 0 Å². The first-order valence-electron chi connectivity index (χ1n) is 6.55. The van der Waals surface area contributed by atoms with Gasteiger partial charge in [-0.15, -0.1) is 11.3 Å². The van der Waals surface area contributed by atoms with Crippen molar-refractivity contribution >= 4 is 33.2 Å². The molecule has 4 nitrogen and oxygen atoms in total. The van der Waals surface area contributed by atoms with Gasteiger partial charge >= 0.3 is 0 Å². The van der Waals surface area contributed by atoms with Gasteiger partial charge in [-0.05, 0) is 29.0 Å². The molecule has 19 heavy (non-hydrogen) atoms. The molecule has 1 amide bonds. The highest BCUT2D eigenvalue weighted by atomic mass is 79.9. The molecule has 2 heterocycles. The Morgan fingerprint density at radius 1 is 1.53 bits per heavy atom. The van der Waals surface area contributed by atoms with Crippen LogP contribution in [0, 0.1) is 0 Å². The molecule has 1 aliphatic rings. The molecule has 0 aliphatic carbocycles. The highest BCUT2D eigenvalue weighted by Gasteiger charge is 2.16. The largest absolute Gasteiger partial charge is 0.340 e. The average Bonchev–Trinajstić information content (AvgIpc) is 2.82. The summed E-state index contributed by atoms with van der Waals surface area (Å²) in [6.45, 7) is 5.26. The minimum Gasteiger partial charge on any atom is -0.340 e. The van der Waals surface area contributed by atoms with Gasteiger partial charge in [0.15, 0.2) is 0 Å². The van der Waals surface area contributed by atoms with Gasteiger partial charge in [-0.25, -0.2) is 0 Å². The molecule has 1 aromatic rings. The summed E-state index contributed by atoms with van der Waals surface area (Å²) in [5.74, 6) is 0.278. The lowest BCUT2D eigenvalue weighted by molar-refractivity contribution is -0.132. The van der Waals surface area contributed by atoms with Gasteiger partial charge in [0.25, 0.3) is 0 Å². The van der Waals surface area contributed by atoms with E-state index in [0.29, 0.717) is 6.42 Å². The van der Waals surface area contributed by atoms with Gasteiger partial charge < -0.3 is 15.1 Å². The van der Waals surface area contributed by atoms with E-state index in [-0.39, 0.29) is 5.91 Å². The summed E-state index contributed by atoms with van der Waals surface area (Å²) in [6, 6.07) is 2.14. The van der Waals surface area contributed by atoms with Crippen LogP contribution in [0.3, 0.4) is 0 Å². The number of amides is 1. The molecule has 0 unspecified atom stereocenters. The Bertz CT molecular complexity index is 418. The molecular weight excluding hydrogens is 326 g/mol. The van der Waals surface area contributed by atoms with Gasteiger partial charge in [0, 0.05) is 60.4 Å². The van der Waals surface area contributed by atoms with Crippen LogP contribution in [-0.4, -0.2) is 55.5 Å². The fourth-order valence-corrected chi connectivity index (χ4v) is 3.67. The molecule has 0 radical (unpaired) electrons. The molecule has 2 rings (SSSR count). The molecule has 0 spiro atoms. The zero-order valence-electron chi connectivity index (χ0n) is 11.2. The minimum atomic E-state index is 0.278. The Morgan fingerprint density at radius 2 is 2.26 bits per heavy atom. The molecule has 0 bridgehead atoms. The van der Waals surface area contributed by atoms with Crippen molar-refractivity contribution < 1.29 is 4.79 Å². The summed E-state index contributed by atoms with van der Waals surface area (Å²) >= 11 is 5.21. The Balaban J connectivity index is 1.70. The standard InChI is InChI=1S/C13H20BrN3OS/c1-16(9-12-8-11(14)10-19-12)5-2-13(18)17-6-3-15-4-7-17/h8,10,15H,2-7,9H2,1H3. The number of halogens is 1. The van der Waals surface area contributed by atoms with E-state index in [1.54, 1.807) is 11.3 Å². The number of carbonyl (C=O) groups is 1. The molecule has 1 N–H and O–H groups in total. The molecule has 106 valence electrons. The van der Waals surface area contributed by atoms with Crippen LogP contribution in [-0.2, 0) is 11.3 Å². The number of rotatable bonds is 5. The second-order valence-electron chi connectivity index (χ2n) is 4.85. The average molecular weight is 346 g/mol. The van der Waals surface area contributed by atoms with Gasteiger partial charge in [0.2, 0.25) is 5.91 Å². The summed E-state index contributed by atoms with van der Waals surface area (Å²) in [6.07, 6.45) is 0.614. The number of hydrogen-bond acceptors (Lipinski definition) is 4. The topological polar surface area (TPSA) is 35.6 Å². The first-order valence-corrected chi connectivity index (χ1v) is 8.22. The Morgan fingerprint density at radius 3 is 2.89 bits per heavy atom. The van der Waals surface area contributed by atoms with Crippen LogP contribution in [0.1, 0.15) is 11.3 Å². The highest BCUT2D eigenvalue weighted by molar-refractivity contribution is 9.10. The number of thiophene rings is 1. The third-order valence-electron chi connectivity index (χ3n) is 3.22.